The minimum absolute atomic E-state index is 0.0656. The molecule has 2 atom stereocenters. The first-order valence-corrected chi connectivity index (χ1v) is 13.2. The molecular formula is C25H34FN3O4S. The third-order valence-corrected chi connectivity index (χ3v) is 6.76. The molecule has 2 aromatic carbocycles. The number of anilines is 1. The predicted molar refractivity (Wildman–Crippen MR) is 132 cm³/mol. The van der Waals surface area contributed by atoms with Gasteiger partial charge in [-0.25, -0.2) is 12.8 Å². The Labute approximate surface area is 202 Å². The number of hydrogen-bond donors (Lipinski definition) is 1. The summed E-state index contributed by atoms with van der Waals surface area (Å²) in [6, 6.07) is 11.6. The molecule has 0 fully saturated rings. The van der Waals surface area contributed by atoms with Gasteiger partial charge in [-0.15, -0.1) is 0 Å². The molecule has 9 heteroatoms. The summed E-state index contributed by atoms with van der Waals surface area (Å²) in [5.41, 5.74) is 2.01. The van der Waals surface area contributed by atoms with Crippen molar-refractivity contribution >= 4 is 27.5 Å². The van der Waals surface area contributed by atoms with Crippen LogP contribution in [0.25, 0.3) is 0 Å². The highest BCUT2D eigenvalue weighted by Crippen LogP contribution is 2.20. The van der Waals surface area contributed by atoms with Gasteiger partial charge in [-0.3, -0.25) is 13.9 Å². The van der Waals surface area contributed by atoms with Crippen molar-refractivity contribution in [2.24, 2.45) is 0 Å². The Morgan fingerprint density at radius 3 is 2.24 bits per heavy atom. The lowest BCUT2D eigenvalue weighted by molar-refractivity contribution is -0.140. The summed E-state index contributed by atoms with van der Waals surface area (Å²) in [4.78, 5) is 28.0. The monoisotopic (exact) mass is 491 g/mol. The van der Waals surface area contributed by atoms with Crippen LogP contribution < -0.4 is 9.62 Å². The minimum Gasteiger partial charge on any atom is -0.352 e. The molecule has 0 saturated carbocycles. The van der Waals surface area contributed by atoms with Crippen LogP contribution in [0.3, 0.4) is 0 Å². The first kappa shape index (κ1) is 27.3. The molecule has 0 bridgehead atoms. The second kappa shape index (κ2) is 12.0. The number of nitrogens with one attached hydrogen (secondary N) is 1. The lowest BCUT2D eigenvalue weighted by atomic mass is 10.1. The van der Waals surface area contributed by atoms with Crippen molar-refractivity contribution in [1.29, 1.82) is 0 Å². The van der Waals surface area contributed by atoms with Gasteiger partial charge in [0.1, 0.15) is 18.4 Å². The van der Waals surface area contributed by atoms with E-state index in [1.165, 1.54) is 17.0 Å². The molecule has 0 heterocycles. The number of amides is 2. The summed E-state index contributed by atoms with van der Waals surface area (Å²) in [6.07, 6.45) is 2.08. The number of aryl methyl sites for hydroxylation is 1. The number of halogens is 1. The van der Waals surface area contributed by atoms with Crippen molar-refractivity contribution in [1.82, 2.24) is 10.2 Å². The van der Waals surface area contributed by atoms with Gasteiger partial charge in [-0.2, -0.15) is 0 Å². The van der Waals surface area contributed by atoms with Gasteiger partial charge in [0, 0.05) is 12.6 Å². The second-order valence-corrected chi connectivity index (χ2v) is 10.4. The van der Waals surface area contributed by atoms with Crippen molar-refractivity contribution in [3.8, 4) is 0 Å². The molecule has 1 N–H and O–H groups in total. The molecule has 2 amide bonds. The van der Waals surface area contributed by atoms with E-state index >= 15 is 0 Å². The van der Waals surface area contributed by atoms with E-state index in [4.69, 9.17) is 0 Å². The average Bonchev–Trinajstić information content (AvgIpc) is 2.77. The summed E-state index contributed by atoms with van der Waals surface area (Å²) in [7, 11) is -3.85. The van der Waals surface area contributed by atoms with E-state index in [9.17, 15) is 22.4 Å². The fourth-order valence-corrected chi connectivity index (χ4v) is 4.44. The van der Waals surface area contributed by atoms with E-state index in [-0.39, 0.29) is 24.2 Å². The second-order valence-electron chi connectivity index (χ2n) is 8.50. The first-order chi connectivity index (χ1) is 16.0. The standard InChI is InChI=1S/C25H34FN3O4S/c1-6-19(4)27-25(31)23(7-2)28(16-20-10-8-9-18(3)15-20)24(30)17-29(34(5,32)33)22-13-11-21(26)12-14-22/h8-15,19,23H,6-7,16-17H2,1-5H3,(H,27,31). The van der Waals surface area contributed by atoms with Gasteiger partial charge in [0.25, 0.3) is 0 Å². The zero-order valence-electron chi connectivity index (χ0n) is 20.4. The Balaban J connectivity index is 2.43. The number of carbonyl (C=O) groups is 2. The van der Waals surface area contributed by atoms with Crippen LogP contribution in [0, 0.1) is 12.7 Å². The molecule has 2 aromatic rings. The first-order valence-electron chi connectivity index (χ1n) is 11.3. The van der Waals surface area contributed by atoms with Crippen molar-refractivity contribution in [2.45, 2.75) is 59.2 Å². The minimum atomic E-state index is -3.85. The highest BCUT2D eigenvalue weighted by Gasteiger charge is 2.32. The van der Waals surface area contributed by atoms with Crippen molar-refractivity contribution in [2.75, 3.05) is 17.1 Å². The van der Waals surface area contributed by atoms with Gasteiger partial charge in [-0.05, 0) is 56.5 Å². The predicted octanol–water partition coefficient (Wildman–Crippen LogP) is 3.62. The Morgan fingerprint density at radius 2 is 1.71 bits per heavy atom. The zero-order valence-corrected chi connectivity index (χ0v) is 21.2. The quantitative estimate of drug-likeness (QED) is 0.520. The molecule has 0 radical (unpaired) electrons. The summed E-state index contributed by atoms with van der Waals surface area (Å²) in [6.45, 7) is 7.22. The van der Waals surface area contributed by atoms with Gasteiger partial charge < -0.3 is 10.2 Å². The molecular weight excluding hydrogens is 457 g/mol. The molecule has 2 unspecified atom stereocenters. The van der Waals surface area contributed by atoms with Crippen molar-refractivity contribution in [3.05, 3.63) is 65.5 Å². The number of rotatable bonds is 11. The van der Waals surface area contributed by atoms with Crippen LogP contribution >= 0.6 is 0 Å². The topological polar surface area (TPSA) is 86.8 Å². The fourth-order valence-electron chi connectivity index (χ4n) is 3.59. The Hall–Kier alpha value is -2.94. The Morgan fingerprint density at radius 1 is 1.06 bits per heavy atom. The van der Waals surface area contributed by atoms with Crippen LogP contribution in [0.15, 0.2) is 48.5 Å². The van der Waals surface area contributed by atoms with E-state index in [0.29, 0.717) is 6.42 Å². The summed E-state index contributed by atoms with van der Waals surface area (Å²) < 4.78 is 39.4. The Bertz CT molecular complexity index is 1090. The van der Waals surface area contributed by atoms with Gasteiger partial charge in [0.2, 0.25) is 21.8 Å². The third kappa shape index (κ3) is 7.55. The summed E-state index contributed by atoms with van der Waals surface area (Å²) >= 11 is 0. The molecule has 0 aliphatic rings. The van der Waals surface area contributed by atoms with Gasteiger partial charge >= 0.3 is 0 Å². The van der Waals surface area contributed by atoms with Crippen LogP contribution in [-0.4, -0.2) is 50.0 Å². The molecule has 34 heavy (non-hydrogen) atoms. The van der Waals surface area contributed by atoms with Crippen LogP contribution in [0.1, 0.15) is 44.7 Å². The molecule has 186 valence electrons. The smallest absolute Gasteiger partial charge is 0.244 e. The van der Waals surface area contributed by atoms with E-state index in [0.717, 1.165) is 40.2 Å². The highest BCUT2D eigenvalue weighted by atomic mass is 32.2. The molecule has 0 aliphatic heterocycles. The number of carbonyl (C=O) groups excluding carboxylic acids is 2. The van der Waals surface area contributed by atoms with E-state index in [2.05, 4.69) is 5.32 Å². The van der Waals surface area contributed by atoms with Gasteiger partial charge in [-0.1, -0.05) is 43.7 Å². The van der Waals surface area contributed by atoms with Gasteiger partial charge in [0.15, 0.2) is 0 Å². The number of sulfonamides is 1. The lowest BCUT2D eigenvalue weighted by Crippen LogP contribution is -2.53. The number of benzene rings is 2. The Kier molecular flexibility index (Phi) is 9.61. The van der Waals surface area contributed by atoms with Gasteiger partial charge in [0.05, 0.1) is 11.9 Å². The van der Waals surface area contributed by atoms with E-state index < -0.39 is 34.3 Å². The molecule has 0 aliphatic carbocycles. The lowest BCUT2D eigenvalue weighted by Gasteiger charge is -2.33. The largest absolute Gasteiger partial charge is 0.352 e. The van der Waals surface area contributed by atoms with E-state index in [1.807, 2.05) is 52.0 Å². The maximum atomic E-state index is 13.6. The fraction of sp³-hybridized carbons (Fsp3) is 0.440. The summed E-state index contributed by atoms with van der Waals surface area (Å²) in [5, 5.41) is 2.93. The number of nitrogens with zero attached hydrogens (tertiary/aromatic N) is 2. The zero-order chi connectivity index (χ0) is 25.5. The summed E-state index contributed by atoms with van der Waals surface area (Å²) in [5.74, 6) is -1.33. The highest BCUT2D eigenvalue weighted by molar-refractivity contribution is 7.92. The molecule has 2 rings (SSSR count). The van der Waals surface area contributed by atoms with Crippen LogP contribution in [0.5, 0.6) is 0 Å². The van der Waals surface area contributed by atoms with E-state index in [1.54, 1.807) is 0 Å². The normalized spacial score (nSPS) is 13.1. The van der Waals surface area contributed by atoms with Crippen molar-refractivity contribution in [3.63, 3.8) is 0 Å². The van der Waals surface area contributed by atoms with Crippen molar-refractivity contribution < 1.29 is 22.4 Å². The van der Waals surface area contributed by atoms with Crippen LogP contribution in [0.2, 0.25) is 0 Å². The number of hydrogen-bond acceptors (Lipinski definition) is 4. The van der Waals surface area contributed by atoms with Crippen LogP contribution in [0.4, 0.5) is 10.1 Å². The molecule has 7 nitrogen and oxygen atoms in total. The maximum Gasteiger partial charge on any atom is 0.244 e. The molecule has 0 spiro atoms. The third-order valence-electron chi connectivity index (χ3n) is 5.62. The SMILES string of the molecule is CCC(C)NC(=O)C(CC)N(Cc1cccc(C)c1)C(=O)CN(c1ccc(F)cc1)S(C)(=O)=O. The molecule has 0 aromatic heterocycles. The van der Waals surface area contributed by atoms with Crippen LogP contribution in [-0.2, 0) is 26.2 Å². The molecule has 0 saturated heterocycles. The maximum absolute atomic E-state index is 13.6. The average molecular weight is 492 g/mol.